The zero-order valence-corrected chi connectivity index (χ0v) is 10.5. The molecule has 2 rings (SSSR count). The van der Waals surface area contributed by atoms with E-state index in [1.54, 1.807) is 12.1 Å². The molecule has 0 aromatic carbocycles. The van der Waals surface area contributed by atoms with Gasteiger partial charge in [-0.15, -0.1) is 0 Å². The van der Waals surface area contributed by atoms with Crippen molar-refractivity contribution in [2.24, 2.45) is 11.7 Å². The van der Waals surface area contributed by atoms with Crippen LogP contribution >= 0.6 is 0 Å². The Hall–Kier alpha value is -1.78. The molecular formula is C13H20N4O. The van der Waals surface area contributed by atoms with Crippen LogP contribution in [0.2, 0.25) is 0 Å². The van der Waals surface area contributed by atoms with E-state index >= 15 is 0 Å². The van der Waals surface area contributed by atoms with Crippen LogP contribution in [0.5, 0.6) is 0 Å². The summed E-state index contributed by atoms with van der Waals surface area (Å²) < 4.78 is 0. The number of hydrogen-bond donors (Lipinski definition) is 3. The SMILES string of the molecule is NC(=O)c1ccc(N)c(NCCC2CCCC2)n1. The van der Waals surface area contributed by atoms with Gasteiger partial charge in [-0.3, -0.25) is 4.79 Å². The zero-order chi connectivity index (χ0) is 13.0. The molecule has 5 heteroatoms. The first kappa shape index (κ1) is 12.7. The second-order valence-corrected chi connectivity index (χ2v) is 4.86. The van der Waals surface area contributed by atoms with Crippen molar-refractivity contribution in [3.05, 3.63) is 17.8 Å². The number of amides is 1. The topological polar surface area (TPSA) is 94.0 Å². The standard InChI is InChI=1S/C13H20N4O/c14-10-5-6-11(12(15)18)17-13(10)16-8-7-9-3-1-2-4-9/h5-6,9H,1-4,7-8,14H2,(H2,15,18)(H,16,17). The molecule has 1 aromatic heterocycles. The molecule has 1 aliphatic carbocycles. The van der Waals surface area contributed by atoms with Gasteiger partial charge in [0.1, 0.15) is 11.5 Å². The van der Waals surface area contributed by atoms with Crippen molar-refractivity contribution in [2.45, 2.75) is 32.1 Å². The van der Waals surface area contributed by atoms with Crippen LogP contribution in [0.4, 0.5) is 11.5 Å². The van der Waals surface area contributed by atoms with Crippen LogP contribution < -0.4 is 16.8 Å². The number of rotatable bonds is 5. The molecule has 0 aliphatic heterocycles. The number of aromatic nitrogens is 1. The minimum absolute atomic E-state index is 0.243. The summed E-state index contributed by atoms with van der Waals surface area (Å²) in [6.07, 6.45) is 6.48. The van der Waals surface area contributed by atoms with Gasteiger partial charge in [0.05, 0.1) is 5.69 Å². The van der Waals surface area contributed by atoms with E-state index in [-0.39, 0.29) is 5.69 Å². The highest BCUT2D eigenvalue weighted by molar-refractivity contribution is 5.91. The Kier molecular flexibility index (Phi) is 4.02. The number of primary amides is 1. The second kappa shape index (κ2) is 5.71. The van der Waals surface area contributed by atoms with Crippen LogP contribution in [0.15, 0.2) is 12.1 Å². The van der Waals surface area contributed by atoms with Gasteiger partial charge in [-0.2, -0.15) is 0 Å². The van der Waals surface area contributed by atoms with Crippen molar-refractivity contribution in [1.82, 2.24) is 4.98 Å². The van der Waals surface area contributed by atoms with Gasteiger partial charge in [0.2, 0.25) is 0 Å². The van der Waals surface area contributed by atoms with Gasteiger partial charge in [0.15, 0.2) is 0 Å². The summed E-state index contributed by atoms with van der Waals surface area (Å²) in [5.74, 6) is 0.844. The van der Waals surface area contributed by atoms with Gasteiger partial charge < -0.3 is 16.8 Å². The Balaban J connectivity index is 1.91. The molecule has 0 atom stereocenters. The van der Waals surface area contributed by atoms with Gasteiger partial charge in [0.25, 0.3) is 5.91 Å². The normalized spacial score (nSPS) is 15.8. The molecule has 5 nitrogen and oxygen atoms in total. The van der Waals surface area contributed by atoms with Crippen LogP contribution in [0.3, 0.4) is 0 Å². The monoisotopic (exact) mass is 248 g/mol. The third-order valence-electron chi connectivity index (χ3n) is 3.50. The number of carbonyl (C=O) groups excluding carboxylic acids is 1. The average Bonchev–Trinajstić information content (AvgIpc) is 2.84. The minimum Gasteiger partial charge on any atom is -0.396 e. The third kappa shape index (κ3) is 3.12. The molecule has 98 valence electrons. The lowest BCUT2D eigenvalue weighted by Gasteiger charge is -2.12. The summed E-state index contributed by atoms with van der Waals surface area (Å²) in [4.78, 5) is 15.2. The highest BCUT2D eigenvalue weighted by atomic mass is 16.1. The molecule has 1 fully saturated rings. The van der Waals surface area contributed by atoms with E-state index in [0.717, 1.165) is 18.9 Å². The Morgan fingerprint density at radius 1 is 1.39 bits per heavy atom. The van der Waals surface area contributed by atoms with Crippen molar-refractivity contribution in [3.8, 4) is 0 Å². The highest BCUT2D eigenvalue weighted by Crippen LogP contribution is 2.27. The molecule has 0 radical (unpaired) electrons. The lowest BCUT2D eigenvalue weighted by Crippen LogP contribution is -2.16. The number of hydrogen-bond acceptors (Lipinski definition) is 4. The molecule has 1 aromatic rings. The van der Waals surface area contributed by atoms with Crippen LogP contribution in [-0.4, -0.2) is 17.4 Å². The lowest BCUT2D eigenvalue weighted by atomic mass is 10.0. The zero-order valence-electron chi connectivity index (χ0n) is 10.5. The maximum absolute atomic E-state index is 11.0. The minimum atomic E-state index is -0.533. The fourth-order valence-electron chi connectivity index (χ4n) is 2.44. The maximum atomic E-state index is 11.0. The van der Waals surface area contributed by atoms with Crippen LogP contribution in [0.25, 0.3) is 0 Å². The lowest BCUT2D eigenvalue weighted by molar-refractivity contribution is 0.0996. The van der Waals surface area contributed by atoms with Crippen molar-refractivity contribution in [1.29, 1.82) is 0 Å². The fourth-order valence-corrected chi connectivity index (χ4v) is 2.44. The van der Waals surface area contributed by atoms with E-state index in [4.69, 9.17) is 11.5 Å². The number of pyridine rings is 1. The first-order chi connectivity index (χ1) is 8.66. The molecule has 1 heterocycles. The molecule has 1 amide bonds. The van der Waals surface area contributed by atoms with Crippen LogP contribution in [0.1, 0.15) is 42.6 Å². The molecule has 18 heavy (non-hydrogen) atoms. The van der Waals surface area contributed by atoms with Gasteiger partial charge in [-0.1, -0.05) is 25.7 Å². The molecular weight excluding hydrogens is 228 g/mol. The quantitative estimate of drug-likeness (QED) is 0.740. The molecule has 1 saturated carbocycles. The summed E-state index contributed by atoms with van der Waals surface area (Å²) in [6.45, 7) is 0.837. The van der Waals surface area contributed by atoms with Crippen molar-refractivity contribution in [3.63, 3.8) is 0 Å². The number of anilines is 2. The fraction of sp³-hybridized carbons (Fsp3) is 0.538. The Bertz CT molecular complexity index is 427. The Labute approximate surface area is 107 Å². The number of nitrogens with two attached hydrogens (primary N) is 2. The Morgan fingerprint density at radius 3 is 2.78 bits per heavy atom. The first-order valence-corrected chi connectivity index (χ1v) is 6.47. The van der Waals surface area contributed by atoms with Crippen molar-refractivity contribution >= 4 is 17.4 Å². The summed E-state index contributed by atoms with van der Waals surface area (Å²) in [7, 11) is 0. The molecule has 0 spiro atoms. The smallest absolute Gasteiger partial charge is 0.267 e. The van der Waals surface area contributed by atoms with E-state index < -0.39 is 5.91 Å². The predicted molar refractivity (Wildman–Crippen MR) is 72.2 cm³/mol. The molecule has 0 saturated heterocycles. The summed E-state index contributed by atoms with van der Waals surface area (Å²) >= 11 is 0. The highest BCUT2D eigenvalue weighted by Gasteiger charge is 2.14. The van der Waals surface area contributed by atoms with Gasteiger partial charge in [-0.05, 0) is 24.5 Å². The third-order valence-corrected chi connectivity index (χ3v) is 3.50. The van der Waals surface area contributed by atoms with Crippen LogP contribution in [0, 0.1) is 5.92 Å². The van der Waals surface area contributed by atoms with E-state index in [1.807, 2.05) is 0 Å². The van der Waals surface area contributed by atoms with E-state index in [0.29, 0.717) is 11.5 Å². The average molecular weight is 248 g/mol. The summed E-state index contributed by atoms with van der Waals surface area (Å²) in [5.41, 5.74) is 11.8. The number of carbonyl (C=O) groups is 1. The van der Waals surface area contributed by atoms with Crippen molar-refractivity contribution in [2.75, 3.05) is 17.6 Å². The predicted octanol–water partition coefficient (Wildman–Crippen LogP) is 1.75. The van der Waals surface area contributed by atoms with E-state index in [2.05, 4.69) is 10.3 Å². The maximum Gasteiger partial charge on any atom is 0.267 e. The van der Waals surface area contributed by atoms with Crippen LogP contribution in [-0.2, 0) is 0 Å². The second-order valence-electron chi connectivity index (χ2n) is 4.86. The number of nitrogens with zero attached hydrogens (tertiary/aromatic N) is 1. The molecule has 0 bridgehead atoms. The van der Waals surface area contributed by atoms with Crippen molar-refractivity contribution < 1.29 is 4.79 Å². The summed E-state index contributed by atoms with van der Waals surface area (Å²) in [5, 5.41) is 3.19. The largest absolute Gasteiger partial charge is 0.396 e. The molecule has 1 aliphatic rings. The van der Waals surface area contributed by atoms with Gasteiger partial charge >= 0.3 is 0 Å². The Morgan fingerprint density at radius 2 is 2.11 bits per heavy atom. The first-order valence-electron chi connectivity index (χ1n) is 6.47. The van der Waals surface area contributed by atoms with Gasteiger partial charge in [-0.25, -0.2) is 4.98 Å². The number of nitrogen functional groups attached to an aromatic ring is 1. The molecule has 5 N–H and O–H groups in total. The van der Waals surface area contributed by atoms with E-state index in [1.165, 1.54) is 25.7 Å². The molecule has 0 unspecified atom stereocenters. The summed E-state index contributed by atoms with van der Waals surface area (Å²) in [6, 6.07) is 3.20. The van der Waals surface area contributed by atoms with Gasteiger partial charge in [0, 0.05) is 6.54 Å². The van der Waals surface area contributed by atoms with E-state index in [9.17, 15) is 4.79 Å². The number of nitrogens with one attached hydrogen (secondary N) is 1.